The minimum absolute atomic E-state index is 0.134. The minimum atomic E-state index is -0.232. The van der Waals surface area contributed by atoms with Crippen LogP contribution in [0.2, 0.25) is 0 Å². The molecule has 0 spiro atoms. The number of carbonyl (C=O) groups is 1. The molecule has 2 heterocycles. The summed E-state index contributed by atoms with van der Waals surface area (Å²) < 4.78 is 0. The summed E-state index contributed by atoms with van der Waals surface area (Å²) in [6, 6.07) is 15.0. The summed E-state index contributed by atoms with van der Waals surface area (Å²) in [5.74, 6) is 0.413. The first-order chi connectivity index (χ1) is 12.2. The van der Waals surface area contributed by atoms with E-state index in [2.05, 4.69) is 20.6 Å². The molecule has 1 aromatic carbocycles. The Labute approximate surface area is 150 Å². The fourth-order valence-electron chi connectivity index (χ4n) is 2.32. The number of thiophene rings is 1. The van der Waals surface area contributed by atoms with E-state index in [0.717, 1.165) is 16.1 Å². The van der Waals surface area contributed by atoms with Gasteiger partial charge in [0.05, 0.1) is 15.4 Å². The molecule has 1 atom stereocenters. The van der Waals surface area contributed by atoms with Crippen LogP contribution in [-0.2, 0) is 0 Å². The second-order valence-electron chi connectivity index (χ2n) is 5.41. The topological polar surface area (TPSA) is 92.9 Å². The highest BCUT2D eigenvalue weighted by molar-refractivity contribution is 7.17. The summed E-state index contributed by atoms with van der Waals surface area (Å²) in [7, 11) is 1.77. The van der Waals surface area contributed by atoms with Gasteiger partial charge in [0.1, 0.15) is 0 Å². The van der Waals surface area contributed by atoms with E-state index in [9.17, 15) is 4.79 Å². The number of anilines is 1. The number of nitrogens with one attached hydrogen (secondary N) is 2. The first kappa shape index (κ1) is 17.1. The summed E-state index contributed by atoms with van der Waals surface area (Å²) in [4.78, 5) is 22.4. The van der Waals surface area contributed by atoms with Crippen LogP contribution in [0.15, 0.2) is 54.7 Å². The lowest BCUT2D eigenvalue weighted by Crippen LogP contribution is -2.31. The summed E-state index contributed by atoms with van der Waals surface area (Å²) in [6.07, 6.45) is 1.69. The van der Waals surface area contributed by atoms with Crippen molar-refractivity contribution in [2.75, 3.05) is 18.9 Å². The third-order valence-corrected chi connectivity index (χ3v) is 4.78. The quantitative estimate of drug-likeness (QED) is 0.633. The van der Waals surface area contributed by atoms with Crippen LogP contribution >= 0.6 is 11.3 Å². The van der Waals surface area contributed by atoms with Gasteiger partial charge in [0, 0.05) is 25.8 Å². The Balaban J connectivity index is 1.64. The zero-order chi connectivity index (χ0) is 17.6. The number of hydrogen-bond donors (Lipinski definition) is 3. The molecule has 25 heavy (non-hydrogen) atoms. The predicted molar refractivity (Wildman–Crippen MR) is 101 cm³/mol. The predicted octanol–water partition coefficient (Wildman–Crippen LogP) is 2.68. The maximum atomic E-state index is 12.3. The first-order valence-electron chi connectivity index (χ1n) is 7.87. The second-order valence-corrected chi connectivity index (χ2v) is 6.49. The number of nitrogens with zero attached hydrogens (tertiary/aromatic N) is 2. The highest BCUT2D eigenvalue weighted by Crippen LogP contribution is 2.27. The summed E-state index contributed by atoms with van der Waals surface area (Å²) in [6.45, 7) is 0.382. The van der Waals surface area contributed by atoms with Crippen molar-refractivity contribution in [1.82, 2.24) is 15.3 Å². The molecule has 0 unspecified atom stereocenters. The van der Waals surface area contributed by atoms with Gasteiger partial charge in [-0.15, -0.1) is 11.3 Å². The van der Waals surface area contributed by atoms with E-state index in [1.54, 1.807) is 19.3 Å². The molecule has 1 amide bonds. The minimum Gasteiger partial charge on any atom is -0.357 e. The number of rotatable bonds is 6. The number of aromatic nitrogens is 2. The zero-order valence-electron chi connectivity index (χ0n) is 13.8. The zero-order valence-corrected chi connectivity index (χ0v) is 14.6. The summed E-state index contributed by atoms with van der Waals surface area (Å²) in [5.41, 5.74) is 7.89. The van der Waals surface area contributed by atoms with Crippen LogP contribution in [0.3, 0.4) is 0 Å². The second kappa shape index (κ2) is 7.87. The van der Waals surface area contributed by atoms with E-state index in [1.807, 2.05) is 42.5 Å². The molecule has 0 bridgehead atoms. The van der Waals surface area contributed by atoms with Gasteiger partial charge in [-0.3, -0.25) is 4.79 Å². The van der Waals surface area contributed by atoms with Crippen molar-refractivity contribution in [3.05, 3.63) is 65.2 Å². The highest BCUT2D eigenvalue weighted by atomic mass is 32.1. The van der Waals surface area contributed by atoms with Gasteiger partial charge in [0.15, 0.2) is 0 Å². The molecule has 2 aromatic heterocycles. The summed E-state index contributed by atoms with van der Waals surface area (Å²) in [5, 5.41) is 5.79. The SMILES string of the molecule is CNc1nccc(-c2ccc(C(=O)NC[C@@H](N)c3ccccc3)s2)n1. The van der Waals surface area contributed by atoms with Crippen LogP contribution in [0.4, 0.5) is 5.95 Å². The first-order valence-corrected chi connectivity index (χ1v) is 8.69. The average molecular weight is 353 g/mol. The van der Waals surface area contributed by atoms with Crippen molar-refractivity contribution in [2.24, 2.45) is 5.73 Å². The van der Waals surface area contributed by atoms with Crippen molar-refractivity contribution >= 4 is 23.2 Å². The van der Waals surface area contributed by atoms with Crippen molar-refractivity contribution in [2.45, 2.75) is 6.04 Å². The molecule has 0 aliphatic carbocycles. The molecule has 0 aliphatic rings. The highest BCUT2D eigenvalue weighted by Gasteiger charge is 2.13. The normalized spacial score (nSPS) is 11.8. The van der Waals surface area contributed by atoms with Crippen molar-refractivity contribution in [3.8, 4) is 10.6 Å². The third kappa shape index (κ3) is 4.20. The van der Waals surface area contributed by atoms with E-state index in [-0.39, 0.29) is 11.9 Å². The average Bonchev–Trinajstić information content (AvgIpc) is 3.17. The molecule has 3 rings (SSSR count). The number of amides is 1. The molecule has 4 N–H and O–H groups in total. The van der Waals surface area contributed by atoms with Gasteiger partial charge in [-0.2, -0.15) is 0 Å². The fourth-order valence-corrected chi connectivity index (χ4v) is 3.21. The number of carbonyl (C=O) groups excluding carboxylic acids is 1. The molecule has 0 saturated heterocycles. The van der Waals surface area contributed by atoms with Gasteiger partial charge in [0.25, 0.3) is 5.91 Å². The Bertz CT molecular complexity index is 849. The Morgan fingerprint density at radius 3 is 2.76 bits per heavy atom. The summed E-state index contributed by atoms with van der Waals surface area (Å²) >= 11 is 1.39. The Morgan fingerprint density at radius 1 is 1.20 bits per heavy atom. The van der Waals surface area contributed by atoms with Crippen LogP contribution < -0.4 is 16.4 Å². The van der Waals surface area contributed by atoms with Crippen molar-refractivity contribution < 1.29 is 4.79 Å². The standard InChI is InChI=1S/C18H19N5OS/c1-20-18-21-10-9-14(23-18)15-7-8-16(25-15)17(24)22-11-13(19)12-5-3-2-4-6-12/h2-10,13H,11,19H2,1H3,(H,22,24)(H,20,21,23)/t13-/m1/s1. The largest absolute Gasteiger partial charge is 0.357 e. The molecule has 7 heteroatoms. The van der Waals surface area contributed by atoms with Crippen LogP contribution in [0.5, 0.6) is 0 Å². The number of hydrogen-bond acceptors (Lipinski definition) is 6. The lowest BCUT2D eigenvalue weighted by atomic mass is 10.1. The van der Waals surface area contributed by atoms with Crippen LogP contribution in [0, 0.1) is 0 Å². The smallest absolute Gasteiger partial charge is 0.261 e. The van der Waals surface area contributed by atoms with Gasteiger partial charge in [-0.25, -0.2) is 9.97 Å². The van der Waals surface area contributed by atoms with E-state index in [0.29, 0.717) is 17.4 Å². The van der Waals surface area contributed by atoms with Gasteiger partial charge in [-0.1, -0.05) is 30.3 Å². The monoisotopic (exact) mass is 353 g/mol. The fraction of sp³-hybridized carbons (Fsp3) is 0.167. The Hall–Kier alpha value is -2.77. The Morgan fingerprint density at radius 2 is 2.00 bits per heavy atom. The van der Waals surface area contributed by atoms with E-state index >= 15 is 0 Å². The Kier molecular flexibility index (Phi) is 5.37. The van der Waals surface area contributed by atoms with E-state index < -0.39 is 0 Å². The van der Waals surface area contributed by atoms with Crippen LogP contribution in [0.25, 0.3) is 10.6 Å². The van der Waals surface area contributed by atoms with Gasteiger partial charge in [0.2, 0.25) is 5.95 Å². The molecule has 3 aromatic rings. The maximum Gasteiger partial charge on any atom is 0.261 e. The van der Waals surface area contributed by atoms with Gasteiger partial charge < -0.3 is 16.4 Å². The molecular weight excluding hydrogens is 334 g/mol. The molecular formula is C18H19N5OS. The van der Waals surface area contributed by atoms with Crippen LogP contribution in [-0.4, -0.2) is 29.5 Å². The van der Waals surface area contributed by atoms with Crippen molar-refractivity contribution in [3.63, 3.8) is 0 Å². The lowest BCUT2D eigenvalue weighted by Gasteiger charge is -2.12. The third-order valence-electron chi connectivity index (χ3n) is 3.67. The number of benzene rings is 1. The van der Waals surface area contributed by atoms with E-state index in [4.69, 9.17) is 5.73 Å². The number of nitrogens with two attached hydrogens (primary N) is 1. The molecule has 0 radical (unpaired) electrons. The molecule has 6 nitrogen and oxygen atoms in total. The molecule has 0 saturated carbocycles. The van der Waals surface area contributed by atoms with Crippen molar-refractivity contribution in [1.29, 1.82) is 0 Å². The molecule has 0 aliphatic heterocycles. The van der Waals surface area contributed by atoms with Gasteiger partial charge in [-0.05, 0) is 23.8 Å². The molecule has 0 fully saturated rings. The molecule has 128 valence electrons. The lowest BCUT2D eigenvalue weighted by molar-refractivity contribution is 0.0955. The van der Waals surface area contributed by atoms with Crippen LogP contribution in [0.1, 0.15) is 21.3 Å². The maximum absolute atomic E-state index is 12.3. The van der Waals surface area contributed by atoms with E-state index in [1.165, 1.54) is 11.3 Å². The van der Waals surface area contributed by atoms with Gasteiger partial charge >= 0.3 is 0 Å².